The summed E-state index contributed by atoms with van der Waals surface area (Å²) < 4.78 is 20.5. The zero-order valence-corrected chi connectivity index (χ0v) is 25.2. The van der Waals surface area contributed by atoms with E-state index >= 15 is 0 Å². The molecule has 0 aliphatic carbocycles. The van der Waals surface area contributed by atoms with Crippen LogP contribution in [0.1, 0.15) is 80.7 Å². The fourth-order valence-electron chi connectivity index (χ4n) is 6.72. The Bertz CT molecular complexity index is 1430. The first-order chi connectivity index (χ1) is 19.0. The number of thiophene rings is 1. The third kappa shape index (κ3) is 4.49. The van der Waals surface area contributed by atoms with E-state index < -0.39 is 18.0 Å². The maximum atomic E-state index is 14.4. The van der Waals surface area contributed by atoms with Gasteiger partial charge in [0.25, 0.3) is 5.91 Å². The average molecular weight is 565 g/mol. The average Bonchev–Trinajstić information content (AvgIpc) is 3.60. The molecule has 7 nitrogen and oxygen atoms in total. The van der Waals surface area contributed by atoms with Crippen LogP contribution in [-0.4, -0.2) is 58.2 Å². The van der Waals surface area contributed by atoms with Crippen molar-refractivity contribution in [3.63, 3.8) is 0 Å². The summed E-state index contributed by atoms with van der Waals surface area (Å²) in [6, 6.07) is 8.53. The highest BCUT2D eigenvalue weighted by atomic mass is 32.1. The number of fused-ring (bicyclic) bond motifs is 5. The second-order valence-electron chi connectivity index (χ2n) is 12.5. The van der Waals surface area contributed by atoms with Gasteiger partial charge in [0.2, 0.25) is 0 Å². The third-order valence-electron chi connectivity index (χ3n) is 8.43. The summed E-state index contributed by atoms with van der Waals surface area (Å²) in [5.41, 5.74) is 7.15. The van der Waals surface area contributed by atoms with Gasteiger partial charge in [-0.05, 0) is 95.0 Å². The van der Waals surface area contributed by atoms with E-state index in [0.29, 0.717) is 0 Å². The van der Waals surface area contributed by atoms with Crippen molar-refractivity contribution in [2.45, 2.75) is 90.4 Å². The standard InChI is InChI=1S/C32H40N2O5S/c1-31(2,3)34-13-8-7-10-20-26(25-11-9-15-40-25)27-21-17-22(29-24(18-35)38-32(4,5)39-29)23(37-6)16-19(21)12-14-33(27)28(20)30(34)36/h9,11,15-17,24,29,35H,7-8,10,12-14,18H2,1-6H3/t24-,29-/m0/s1. The van der Waals surface area contributed by atoms with Crippen molar-refractivity contribution in [1.82, 2.24) is 9.47 Å². The molecule has 1 saturated heterocycles. The van der Waals surface area contributed by atoms with Gasteiger partial charge in [-0.3, -0.25) is 4.79 Å². The van der Waals surface area contributed by atoms with Crippen LogP contribution in [0.2, 0.25) is 0 Å². The molecular weight excluding hydrogens is 524 g/mol. The van der Waals surface area contributed by atoms with Crippen molar-refractivity contribution in [3.8, 4) is 27.4 Å². The largest absolute Gasteiger partial charge is 0.496 e. The Balaban J connectivity index is 1.61. The molecule has 2 aromatic heterocycles. The number of aliphatic hydroxyl groups excluding tert-OH is 1. The number of amides is 1. The zero-order valence-electron chi connectivity index (χ0n) is 24.4. The number of aromatic nitrogens is 1. The molecule has 0 saturated carbocycles. The number of hydrogen-bond acceptors (Lipinski definition) is 6. The van der Waals surface area contributed by atoms with Crippen molar-refractivity contribution < 1.29 is 24.1 Å². The fourth-order valence-corrected chi connectivity index (χ4v) is 7.52. The molecule has 1 fully saturated rings. The molecule has 0 unspecified atom stereocenters. The number of rotatable bonds is 4. The lowest BCUT2D eigenvalue weighted by Crippen LogP contribution is -2.47. The second-order valence-corrected chi connectivity index (χ2v) is 13.5. The molecule has 0 radical (unpaired) electrons. The van der Waals surface area contributed by atoms with Gasteiger partial charge in [-0.2, -0.15) is 0 Å². The molecule has 1 N–H and O–H groups in total. The monoisotopic (exact) mass is 564 g/mol. The van der Waals surface area contributed by atoms with E-state index in [1.165, 1.54) is 16.0 Å². The van der Waals surface area contributed by atoms with Crippen molar-refractivity contribution in [2.75, 3.05) is 20.3 Å². The summed E-state index contributed by atoms with van der Waals surface area (Å²) >= 11 is 1.72. The van der Waals surface area contributed by atoms with Gasteiger partial charge in [0, 0.05) is 40.2 Å². The Hall–Kier alpha value is -2.65. The van der Waals surface area contributed by atoms with Gasteiger partial charge in [-0.25, -0.2) is 0 Å². The summed E-state index contributed by atoms with van der Waals surface area (Å²) in [7, 11) is 1.67. The third-order valence-corrected chi connectivity index (χ3v) is 9.32. The fraction of sp³-hybridized carbons (Fsp3) is 0.531. The summed E-state index contributed by atoms with van der Waals surface area (Å²) in [5, 5.41) is 12.3. The summed E-state index contributed by atoms with van der Waals surface area (Å²) in [6.07, 6.45) is 2.72. The van der Waals surface area contributed by atoms with Crippen LogP contribution in [0.25, 0.3) is 21.7 Å². The molecule has 3 aliphatic rings. The molecule has 1 aromatic carbocycles. The van der Waals surface area contributed by atoms with Crippen LogP contribution in [0.4, 0.5) is 0 Å². The Morgan fingerprint density at radius 2 is 1.93 bits per heavy atom. The van der Waals surface area contributed by atoms with E-state index in [1.54, 1.807) is 18.4 Å². The number of aliphatic hydroxyl groups is 1. The predicted octanol–water partition coefficient (Wildman–Crippen LogP) is 6.21. The minimum absolute atomic E-state index is 0.123. The Kier molecular flexibility index (Phi) is 6.89. The topological polar surface area (TPSA) is 73.2 Å². The number of nitrogens with zero attached hydrogens (tertiary/aromatic N) is 2. The summed E-state index contributed by atoms with van der Waals surface area (Å²) in [6.45, 7) is 11.5. The molecule has 3 aliphatic heterocycles. The molecule has 214 valence electrons. The predicted molar refractivity (Wildman–Crippen MR) is 157 cm³/mol. The molecule has 6 rings (SSSR count). The molecule has 5 heterocycles. The Labute approximate surface area is 240 Å². The van der Waals surface area contributed by atoms with E-state index in [9.17, 15) is 9.90 Å². The van der Waals surface area contributed by atoms with Gasteiger partial charge in [-0.1, -0.05) is 6.07 Å². The van der Waals surface area contributed by atoms with Gasteiger partial charge in [0.15, 0.2) is 5.79 Å². The highest BCUT2D eigenvalue weighted by molar-refractivity contribution is 7.13. The van der Waals surface area contributed by atoms with Crippen LogP contribution < -0.4 is 4.74 Å². The van der Waals surface area contributed by atoms with E-state index in [4.69, 9.17) is 14.2 Å². The molecule has 1 amide bonds. The maximum Gasteiger partial charge on any atom is 0.271 e. The van der Waals surface area contributed by atoms with Gasteiger partial charge in [-0.15, -0.1) is 11.3 Å². The first-order valence-corrected chi connectivity index (χ1v) is 15.2. The minimum atomic E-state index is -0.820. The molecule has 3 aromatic rings. The van der Waals surface area contributed by atoms with Crippen LogP contribution in [0.3, 0.4) is 0 Å². The smallest absolute Gasteiger partial charge is 0.271 e. The summed E-state index contributed by atoms with van der Waals surface area (Å²) in [4.78, 5) is 17.6. The van der Waals surface area contributed by atoms with E-state index in [2.05, 4.69) is 59.9 Å². The van der Waals surface area contributed by atoms with E-state index in [-0.39, 0.29) is 18.1 Å². The second kappa shape index (κ2) is 10.0. The zero-order chi connectivity index (χ0) is 28.4. The van der Waals surface area contributed by atoms with Crippen molar-refractivity contribution in [1.29, 1.82) is 0 Å². The van der Waals surface area contributed by atoms with E-state index in [0.717, 1.165) is 72.6 Å². The number of benzene rings is 1. The maximum absolute atomic E-state index is 14.4. The SMILES string of the molecule is COc1cc2c(cc1[C@@H]1OC(C)(C)O[C@H]1CO)-c1c(-c3cccs3)c3c(n1CC2)C(=O)N(C(C)(C)C)CCCC3. The normalized spacial score (nSPS) is 22.4. The lowest BCUT2D eigenvalue weighted by Gasteiger charge is -2.37. The van der Waals surface area contributed by atoms with Gasteiger partial charge in [0.05, 0.1) is 19.4 Å². The van der Waals surface area contributed by atoms with Crippen LogP contribution >= 0.6 is 11.3 Å². The highest BCUT2D eigenvalue weighted by Crippen LogP contribution is 2.49. The first kappa shape index (κ1) is 27.5. The van der Waals surface area contributed by atoms with E-state index in [1.807, 2.05) is 13.8 Å². The van der Waals surface area contributed by atoms with Crippen LogP contribution in [0.15, 0.2) is 29.6 Å². The van der Waals surface area contributed by atoms with Gasteiger partial charge in [0.1, 0.15) is 23.7 Å². The number of hydrogen-bond donors (Lipinski definition) is 1. The molecular formula is C32H40N2O5S. The quantitative estimate of drug-likeness (QED) is 0.408. The van der Waals surface area contributed by atoms with Crippen LogP contribution in [0.5, 0.6) is 5.75 Å². The van der Waals surface area contributed by atoms with Crippen molar-refractivity contribution in [3.05, 3.63) is 52.0 Å². The number of methoxy groups -OCH3 is 1. The van der Waals surface area contributed by atoms with Crippen molar-refractivity contribution >= 4 is 17.2 Å². The first-order valence-electron chi connectivity index (χ1n) is 14.3. The van der Waals surface area contributed by atoms with Crippen molar-refractivity contribution in [2.24, 2.45) is 0 Å². The number of carbonyl (C=O) groups is 1. The molecule has 0 bridgehead atoms. The lowest BCUT2D eigenvalue weighted by molar-refractivity contribution is -0.149. The van der Waals surface area contributed by atoms with Gasteiger partial charge >= 0.3 is 0 Å². The Morgan fingerprint density at radius 1 is 1.12 bits per heavy atom. The lowest BCUT2D eigenvalue weighted by atomic mass is 9.89. The van der Waals surface area contributed by atoms with Crippen LogP contribution in [-0.2, 0) is 28.9 Å². The molecule has 0 spiro atoms. The minimum Gasteiger partial charge on any atom is -0.496 e. The van der Waals surface area contributed by atoms with Crippen LogP contribution in [0, 0.1) is 0 Å². The number of ether oxygens (including phenoxy) is 3. The highest BCUT2D eigenvalue weighted by Gasteiger charge is 2.44. The summed E-state index contributed by atoms with van der Waals surface area (Å²) in [5.74, 6) is 0.0346. The number of aryl methyl sites for hydroxylation is 1. The van der Waals surface area contributed by atoms with Gasteiger partial charge < -0.3 is 28.8 Å². The molecule has 8 heteroatoms. The number of carbonyl (C=O) groups excluding carboxylic acids is 1. The molecule has 40 heavy (non-hydrogen) atoms. The molecule has 2 atom stereocenters. The Morgan fingerprint density at radius 3 is 2.60 bits per heavy atom.